The number of amides is 1. The molecule has 1 fully saturated rings. The highest BCUT2D eigenvalue weighted by Crippen LogP contribution is 2.50. The fraction of sp³-hybridized carbons (Fsp3) is 0.412. The summed E-state index contributed by atoms with van der Waals surface area (Å²) >= 11 is 6.18. The lowest BCUT2D eigenvalue weighted by atomic mass is 9.83. The van der Waals surface area contributed by atoms with Crippen molar-refractivity contribution in [1.29, 1.82) is 0 Å². The monoisotopic (exact) mass is 347 g/mol. The van der Waals surface area contributed by atoms with E-state index in [0.717, 1.165) is 49.3 Å². The number of likely N-dealkylation sites (tertiary alicyclic amines) is 1. The lowest BCUT2D eigenvalue weighted by Gasteiger charge is -2.39. The number of primary amides is 1. The number of carbonyl (C=O) groups excluding carboxylic acids is 1. The topological polar surface area (TPSA) is 81.6 Å². The van der Waals surface area contributed by atoms with Crippen molar-refractivity contribution in [3.05, 3.63) is 52.4 Å². The molecule has 1 atom stereocenters. The first-order valence-corrected chi connectivity index (χ1v) is 8.34. The summed E-state index contributed by atoms with van der Waals surface area (Å²) in [7, 11) is 0. The zero-order valence-electron chi connectivity index (χ0n) is 13.1. The molecule has 1 aromatic carbocycles. The van der Waals surface area contributed by atoms with Gasteiger partial charge in [-0.05, 0) is 36.1 Å². The summed E-state index contributed by atoms with van der Waals surface area (Å²) in [6, 6.07) is 7.41. The molecule has 0 saturated carbocycles. The van der Waals surface area contributed by atoms with Gasteiger partial charge in [-0.25, -0.2) is 0 Å². The smallest absolute Gasteiger partial charge is 0.251 e. The minimum Gasteiger partial charge on any atom is -0.367 e. The predicted octanol–water partition coefficient (Wildman–Crippen LogP) is 2.38. The molecule has 126 valence electrons. The average Bonchev–Trinajstić information content (AvgIpc) is 3.17. The molecule has 2 aliphatic heterocycles. The molecule has 1 spiro atoms. The fourth-order valence-corrected chi connectivity index (χ4v) is 3.90. The van der Waals surface area contributed by atoms with E-state index in [1.807, 2.05) is 18.2 Å². The fourth-order valence-electron chi connectivity index (χ4n) is 3.72. The van der Waals surface area contributed by atoms with Crippen molar-refractivity contribution in [1.82, 2.24) is 10.1 Å². The van der Waals surface area contributed by atoms with Gasteiger partial charge in [-0.1, -0.05) is 22.8 Å². The minimum absolute atomic E-state index is 0.458. The van der Waals surface area contributed by atoms with E-state index in [2.05, 4.69) is 10.1 Å². The summed E-state index contributed by atoms with van der Waals surface area (Å²) in [5.41, 5.74) is 7.80. The van der Waals surface area contributed by atoms with Gasteiger partial charge in [-0.3, -0.25) is 9.69 Å². The highest BCUT2D eigenvalue weighted by molar-refractivity contribution is 6.30. The van der Waals surface area contributed by atoms with Crippen LogP contribution >= 0.6 is 11.6 Å². The summed E-state index contributed by atoms with van der Waals surface area (Å²) in [6.45, 7) is 2.42. The van der Waals surface area contributed by atoms with E-state index in [9.17, 15) is 4.79 Å². The Kier molecular flexibility index (Phi) is 3.83. The van der Waals surface area contributed by atoms with Gasteiger partial charge in [0.15, 0.2) is 6.10 Å². The minimum atomic E-state index is -0.695. The number of aromatic nitrogens is 1. The van der Waals surface area contributed by atoms with Crippen molar-refractivity contribution >= 4 is 17.5 Å². The van der Waals surface area contributed by atoms with Gasteiger partial charge in [-0.2, -0.15) is 0 Å². The Hall–Kier alpha value is -1.89. The van der Waals surface area contributed by atoms with Crippen LogP contribution in [0.2, 0.25) is 5.02 Å². The number of benzene rings is 1. The van der Waals surface area contributed by atoms with Gasteiger partial charge < -0.3 is 15.0 Å². The number of hydrogen-bond donors (Lipinski definition) is 1. The van der Waals surface area contributed by atoms with Gasteiger partial charge in [0.2, 0.25) is 0 Å². The van der Waals surface area contributed by atoms with Gasteiger partial charge >= 0.3 is 0 Å². The highest BCUT2D eigenvalue weighted by Gasteiger charge is 2.48. The lowest BCUT2D eigenvalue weighted by molar-refractivity contribution is -0.148. The van der Waals surface area contributed by atoms with Gasteiger partial charge in [0.25, 0.3) is 5.91 Å². The van der Waals surface area contributed by atoms with Crippen LogP contribution in [0.3, 0.4) is 0 Å². The van der Waals surface area contributed by atoms with E-state index in [-0.39, 0.29) is 0 Å². The zero-order chi connectivity index (χ0) is 16.7. The number of nitrogens with zero attached hydrogens (tertiary/aromatic N) is 2. The first-order valence-electron chi connectivity index (χ1n) is 7.96. The van der Waals surface area contributed by atoms with Gasteiger partial charge in [0.1, 0.15) is 6.26 Å². The standard InChI is InChI=1S/C17H18ClN3O3/c18-11-1-2-13-14(9-11)17(24-15(13)16(19)22)4-6-21(7-5-17)10-12-3-8-23-20-12/h1-3,8-9,15H,4-7,10H2,(H2,19,22). The first kappa shape index (κ1) is 15.6. The second-order valence-electron chi connectivity index (χ2n) is 6.39. The van der Waals surface area contributed by atoms with Gasteiger partial charge in [0.05, 0.1) is 11.3 Å². The van der Waals surface area contributed by atoms with Crippen LogP contribution in [0.4, 0.5) is 0 Å². The summed E-state index contributed by atoms with van der Waals surface area (Å²) in [5, 5.41) is 4.60. The molecule has 6 nitrogen and oxygen atoms in total. The molecular formula is C17H18ClN3O3. The van der Waals surface area contributed by atoms with Crippen molar-refractivity contribution in [3.8, 4) is 0 Å². The Bertz CT molecular complexity index is 754. The van der Waals surface area contributed by atoms with Crippen LogP contribution in [0.1, 0.15) is 35.8 Å². The van der Waals surface area contributed by atoms with Crippen molar-refractivity contribution in [3.63, 3.8) is 0 Å². The number of halogens is 1. The van der Waals surface area contributed by atoms with Crippen molar-refractivity contribution in [2.45, 2.75) is 31.1 Å². The van der Waals surface area contributed by atoms with Crippen LogP contribution < -0.4 is 5.73 Å². The molecule has 1 amide bonds. The Balaban J connectivity index is 1.56. The number of rotatable bonds is 3. The molecule has 0 bridgehead atoms. The second kappa shape index (κ2) is 5.88. The summed E-state index contributed by atoms with van der Waals surface area (Å²) in [6.07, 6.45) is 2.44. The molecule has 0 radical (unpaired) electrons. The van der Waals surface area contributed by atoms with E-state index in [0.29, 0.717) is 5.02 Å². The normalized spacial score (nSPS) is 22.6. The summed E-state index contributed by atoms with van der Waals surface area (Å²) in [5.74, 6) is -0.458. The van der Waals surface area contributed by atoms with Crippen LogP contribution in [0, 0.1) is 0 Å². The maximum absolute atomic E-state index is 11.8. The molecule has 3 heterocycles. The predicted molar refractivity (Wildman–Crippen MR) is 87.2 cm³/mol. The Morgan fingerprint density at radius 2 is 2.17 bits per heavy atom. The van der Waals surface area contributed by atoms with Gasteiger partial charge in [0, 0.05) is 30.7 Å². The van der Waals surface area contributed by atoms with Crippen LogP contribution in [-0.2, 0) is 21.7 Å². The second-order valence-corrected chi connectivity index (χ2v) is 6.83. The summed E-state index contributed by atoms with van der Waals surface area (Å²) < 4.78 is 11.0. The average molecular weight is 348 g/mol. The van der Waals surface area contributed by atoms with Crippen LogP contribution in [0.15, 0.2) is 35.1 Å². The SMILES string of the molecule is NC(=O)C1OC2(CCN(Cc3ccon3)CC2)c2cc(Cl)ccc21. The third kappa shape index (κ3) is 2.60. The number of ether oxygens (including phenoxy) is 1. The third-order valence-electron chi connectivity index (χ3n) is 4.93. The molecular weight excluding hydrogens is 330 g/mol. The van der Waals surface area contributed by atoms with E-state index in [1.54, 1.807) is 12.3 Å². The largest absolute Gasteiger partial charge is 0.367 e. The molecule has 1 saturated heterocycles. The van der Waals surface area contributed by atoms with E-state index < -0.39 is 17.6 Å². The van der Waals surface area contributed by atoms with E-state index in [1.165, 1.54) is 0 Å². The van der Waals surface area contributed by atoms with Crippen LogP contribution in [0.5, 0.6) is 0 Å². The molecule has 1 unspecified atom stereocenters. The van der Waals surface area contributed by atoms with Crippen molar-refractivity contribution < 1.29 is 14.1 Å². The highest BCUT2D eigenvalue weighted by atomic mass is 35.5. The number of fused-ring (bicyclic) bond motifs is 2. The molecule has 1 aromatic heterocycles. The Morgan fingerprint density at radius 3 is 2.83 bits per heavy atom. The van der Waals surface area contributed by atoms with E-state index in [4.69, 9.17) is 26.6 Å². The number of nitrogens with two attached hydrogens (primary N) is 1. The molecule has 2 N–H and O–H groups in total. The van der Waals surface area contributed by atoms with Crippen molar-refractivity contribution in [2.75, 3.05) is 13.1 Å². The lowest BCUT2D eigenvalue weighted by Crippen LogP contribution is -2.42. The van der Waals surface area contributed by atoms with Crippen LogP contribution in [-0.4, -0.2) is 29.1 Å². The molecule has 24 heavy (non-hydrogen) atoms. The van der Waals surface area contributed by atoms with E-state index >= 15 is 0 Å². The number of carbonyl (C=O) groups is 1. The van der Waals surface area contributed by atoms with Gasteiger partial charge in [-0.15, -0.1) is 0 Å². The van der Waals surface area contributed by atoms with Crippen molar-refractivity contribution in [2.24, 2.45) is 5.73 Å². The quantitative estimate of drug-likeness (QED) is 0.921. The number of hydrogen-bond acceptors (Lipinski definition) is 5. The molecule has 0 aliphatic carbocycles. The maximum atomic E-state index is 11.8. The Labute approximate surface area is 144 Å². The molecule has 2 aromatic rings. The zero-order valence-corrected chi connectivity index (χ0v) is 13.8. The third-order valence-corrected chi connectivity index (χ3v) is 5.17. The molecule has 7 heteroatoms. The molecule has 2 aliphatic rings. The Morgan fingerprint density at radius 1 is 1.38 bits per heavy atom. The first-order chi connectivity index (χ1) is 11.6. The van der Waals surface area contributed by atoms with Crippen LogP contribution in [0.25, 0.3) is 0 Å². The molecule has 4 rings (SSSR count). The summed E-state index contributed by atoms with van der Waals surface area (Å²) in [4.78, 5) is 14.1. The maximum Gasteiger partial charge on any atom is 0.251 e. The number of piperidine rings is 1.